The van der Waals surface area contributed by atoms with E-state index in [0.717, 1.165) is 25.7 Å². The molecule has 2 aliphatic heterocycles. The number of aliphatic hydroxyl groups excluding tert-OH is 1. The van der Waals surface area contributed by atoms with Crippen molar-refractivity contribution < 1.29 is 23.1 Å². The molecule has 0 aromatic carbocycles. The average Bonchev–Trinajstić information content (AvgIpc) is 2.64. The number of hydrogen-bond acceptors (Lipinski definition) is 3. The van der Waals surface area contributed by atoms with Gasteiger partial charge in [0, 0.05) is 18.5 Å². The van der Waals surface area contributed by atoms with Gasteiger partial charge in [0.1, 0.15) is 0 Å². The van der Waals surface area contributed by atoms with Crippen molar-refractivity contribution >= 4 is 5.91 Å². The van der Waals surface area contributed by atoms with E-state index in [2.05, 4.69) is 10.6 Å². The molecule has 4 nitrogen and oxygen atoms in total. The zero-order valence-corrected chi connectivity index (χ0v) is 10.5. The third-order valence-corrected chi connectivity index (χ3v) is 3.92. The third-order valence-electron chi connectivity index (χ3n) is 3.92. The normalized spacial score (nSPS) is 32.1. The quantitative estimate of drug-likeness (QED) is 0.718. The van der Waals surface area contributed by atoms with Crippen molar-refractivity contribution in [2.24, 2.45) is 5.92 Å². The summed E-state index contributed by atoms with van der Waals surface area (Å²) in [5.74, 6) is -0.170. The summed E-state index contributed by atoms with van der Waals surface area (Å²) in [4.78, 5) is 11.6. The first-order valence-corrected chi connectivity index (χ1v) is 6.62. The summed E-state index contributed by atoms with van der Waals surface area (Å²) in [7, 11) is 0. The van der Waals surface area contributed by atoms with Crippen molar-refractivity contribution in [3.63, 3.8) is 0 Å². The molecule has 0 aliphatic carbocycles. The SMILES string of the molecule is O=C(CC1CC2CCC(C1)N2)NCC(O)C(F)(F)F. The zero-order chi connectivity index (χ0) is 14.0. The van der Waals surface area contributed by atoms with Crippen molar-refractivity contribution in [2.75, 3.05) is 6.54 Å². The topological polar surface area (TPSA) is 61.4 Å². The van der Waals surface area contributed by atoms with Gasteiger partial charge in [-0.15, -0.1) is 0 Å². The Labute approximate surface area is 109 Å². The highest BCUT2D eigenvalue weighted by atomic mass is 19.4. The second kappa shape index (κ2) is 5.66. The molecule has 3 atom stereocenters. The number of halogens is 3. The van der Waals surface area contributed by atoms with Crippen LogP contribution in [0, 0.1) is 5.92 Å². The van der Waals surface area contributed by atoms with Crippen LogP contribution in [0.15, 0.2) is 0 Å². The number of nitrogens with one attached hydrogen (secondary N) is 2. The Morgan fingerprint density at radius 1 is 1.32 bits per heavy atom. The molecule has 2 bridgehead atoms. The van der Waals surface area contributed by atoms with E-state index in [1.807, 2.05) is 0 Å². The molecule has 0 spiro atoms. The van der Waals surface area contributed by atoms with Crippen LogP contribution in [0.3, 0.4) is 0 Å². The van der Waals surface area contributed by atoms with E-state index in [-0.39, 0.29) is 12.3 Å². The molecule has 2 fully saturated rings. The maximum Gasteiger partial charge on any atom is 0.416 e. The number of alkyl halides is 3. The van der Waals surface area contributed by atoms with Gasteiger partial charge in [-0.25, -0.2) is 0 Å². The molecule has 110 valence electrons. The summed E-state index contributed by atoms with van der Waals surface area (Å²) < 4.78 is 36.2. The summed E-state index contributed by atoms with van der Waals surface area (Å²) in [6, 6.07) is 0.912. The minimum Gasteiger partial charge on any atom is -0.382 e. The number of carbonyl (C=O) groups is 1. The standard InChI is InChI=1S/C12H19F3N2O2/c13-12(14,15)10(18)6-16-11(19)5-7-3-8-1-2-9(4-7)17-8/h7-10,17-18H,1-6H2,(H,16,19). The van der Waals surface area contributed by atoms with Crippen LogP contribution in [-0.2, 0) is 4.79 Å². The minimum atomic E-state index is -4.68. The number of piperidine rings is 1. The Hall–Kier alpha value is -0.820. The first kappa shape index (κ1) is 14.6. The highest BCUT2D eigenvalue weighted by molar-refractivity contribution is 5.76. The molecule has 0 aromatic rings. The van der Waals surface area contributed by atoms with Crippen molar-refractivity contribution in [3.8, 4) is 0 Å². The summed E-state index contributed by atoms with van der Waals surface area (Å²) in [6.07, 6.45) is -2.86. The molecule has 7 heteroatoms. The number of hydrogen-bond donors (Lipinski definition) is 3. The van der Waals surface area contributed by atoms with Crippen molar-refractivity contribution in [2.45, 2.75) is 56.5 Å². The first-order valence-electron chi connectivity index (χ1n) is 6.62. The van der Waals surface area contributed by atoms with Crippen LogP contribution in [0.25, 0.3) is 0 Å². The van der Waals surface area contributed by atoms with Crippen LogP contribution in [-0.4, -0.2) is 41.9 Å². The highest BCUT2D eigenvalue weighted by Gasteiger charge is 2.38. The van der Waals surface area contributed by atoms with Crippen molar-refractivity contribution in [1.29, 1.82) is 0 Å². The molecule has 0 aromatic heterocycles. The van der Waals surface area contributed by atoms with Gasteiger partial charge < -0.3 is 15.7 Å². The van der Waals surface area contributed by atoms with E-state index in [0.29, 0.717) is 12.1 Å². The Bertz CT molecular complexity index is 323. The van der Waals surface area contributed by atoms with Crippen LogP contribution in [0.2, 0.25) is 0 Å². The fourth-order valence-electron chi connectivity index (χ4n) is 3.00. The summed E-state index contributed by atoms with van der Waals surface area (Å²) in [5, 5.41) is 14.4. The Balaban J connectivity index is 1.70. The molecule has 0 radical (unpaired) electrons. The number of fused-ring (bicyclic) bond motifs is 2. The van der Waals surface area contributed by atoms with Gasteiger partial charge in [0.15, 0.2) is 6.10 Å². The molecule has 2 saturated heterocycles. The van der Waals surface area contributed by atoms with Gasteiger partial charge in [-0.3, -0.25) is 4.79 Å². The van der Waals surface area contributed by atoms with Crippen LogP contribution in [0.1, 0.15) is 32.1 Å². The van der Waals surface area contributed by atoms with E-state index < -0.39 is 24.7 Å². The molecule has 19 heavy (non-hydrogen) atoms. The maximum atomic E-state index is 12.1. The molecular formula is C12H19F3N2O2. The lowest BCUT2D eigenvalue weighted by atomic mass is 9.89. The molecule has 2 rings (SSSR count). The second-order valence-electron chi connectivity index (χ2n) is 5.54. The summed E-state index contributed by atoms with van der Waals surface area (Å²) >= 11 is 0. The predicted molar refractivity (Wildman–Crippen MR) is 62.4 cm³/mol. The van der Waals surface area contributed by atoms with Gasteiger partial charge in [-0.1, -0.05) is 0 Å². The Morgan fingerprint density at radius 2 is 1.89 bits per heavy atom. The number of aliphatic hydroxyl groups is 1. The fourth-order valence-corrected chi connectivity index (χ4v) is 3.00. The minimum absolute atomic E-state index is 0.238. The Morgan fingerprint density at radius 3 is 2.42 bits per heavy atom. The van der Waals surface area contributed by atoms with Gasteiger partial charge in [0.2, 0.25) is 5.91 Å². The molecule has 2 heterocycles. The van der Waals surface area contributed by atoms with E-state index in [1.54, 1.807) is 0 Å². The van der Waals surface area contributed by atoms with E-state index >= 15 is 0 Å². The van der Waals surface area contributed by atoms with Gasteiger partial charge in [0.05, 0.1) is 6.54 Å². The van der Waals surface area contributed by atoms with Crippen LogP contribution >= 0.6 is 0 Å². The lowest BCUT2D eigenvalue weighted by Crippen LogP contribution is -2.43. The zero-order valence-electron chi connectivity index (χ0n) is 10.5. The average molecular weight is 280 g/mol. The van der Waals surface area contributed by atoms with Crippen LogP contribution in [0.5, 0.6) is 0 Å². The molecule has 0 saturated carbocycles. The van der Waals surface area contributed by atoms with Crippen molar-refractivity contribution in [1.82, 2.24) is 10.6 Å². The summed E-state index contributed by atoms with van der Waals surface area (Å²) in [5.41, 5.74) is 0. The van der Waals surface area contributed by atoms with Gasteiger partial charge in [0.25, 0.3) is 0 Å². The highest BCUT2D eigenvalue weighted by Crippen LogP contribution is 2.32. The van der Waals surface area contributed by atoms with Gasteiger partial charge in [-0.2, -0.15) is 13.2 Å². The van der Waals surface area contributed by atoms with Gasteiger partial charge in [-0.05, 0) is 31.6 Å². The summed E-state index contributed by atoms with van der Waals surface area (Å²) in [6.45, 7) is -0.764. The smallest absolute Gasteiger partial charge is 0.382 e. The lowest BCUT2D eigenvalue weighted by Gasteiger charge is -2.28. The molecular weight excluding hydrogens is 261 g/mol. The van der Waals surface area contributed by atoms with E-state index in [9.17, 15) is 18.0 Å². The molecule has 3 unspecified atom stereocenters. The van der Waals surface area contributed by atoms with Gasteiger partial charge >= 0.3 is 6.18 Å². The predicted octanol–water partition coefficient (Wildman–Crippen LogP) is 0.946. The van der Waals surface area contributed by atoms with Crippen LogP contribution in [0.4, 0.5) is 13.2 Å². The van der Waals surface area contributed by atoms with E-state index in [4.69, 9.17) is 5.11 Å². The Kier molecular flexibility index (Phi) is 4.35. The largest absolute Gasteiger partial charge is 0.416 e. The molecule has 3 N–H and O–H groups in total. The first-order chi connectivity index (χ1) is 8.84. The number of rotatable bonds is 4. The van der Waals surface area contributed by atoms with Crippen molar-refractivity contribution in [3.05, 3.63) is 0 Å². The second-order valence-corrected chi connectivity index (χ2v) is 5.54. The third kappa shape index (κ3) is 4.07. The maximum absolute atomic E-state index is 12.1. The number of amides is 1. The van der Waals surface area contributed by atoms with E-state index in [1.165, 1.54) is 0 Å². The lowest BCUT2D eigenvalue weighted by molar-refractivity contribution is -0.201. The molecule has 1 amide bonds. The molecule has 2 aliphatic rings. The monoisotopic (exact) mass is 280 g/mol. The number of carbonyl (C=O) groups excluding carboxylic acids is 1. The fraction of sp³-hybridized carbons (Fsp3) is 0.917. The van der Waals surface area contributed by atoms with Crippen LogP contribution < -0.4 is 10.6 Å².